The first-order valence-electron chi connectivity index (χ1n) is 8.63. The van der Waals surface area contributed by atoms with Crippen molar-refractivity contribution >= 4 is 35.0 Å². The molecular formula is C20H22ClNO2S. The van der Waals surface area contributed by atoms with E-state index in [2.05, 4.69) is 11.9 Å². The topological polar surface area (TPSA) is 47.0 Å². The van der Waals surface area contributed by atoms with Gasteiger partial charge in [-0.05, 0) is 56.7 Å². The van der Waals surface area contributed by atoms with Crippen LogP contribution in [0, 0.1) is 25.7 Å². The van der Waals surface area contributed by atoms with Gasteiger partial charge >= 0.3 is 0 Å². The number of thiazole rings is 1. The number of aldehydes is 1. The van der Waals surface area contributed by atoms with Gasteiger partial charge in [-0.1, -0.05) is 24.6 Å². The van der Waals surface area contributed by atoms with Crippen molar-refractivity contribution in [3.05, 3.63) is 39.4 Å². The number of nitrogens with zero attached hydrogens (tertiary/aromatic N) is 1. The first-order valence-corrected chi connectivity index (χ1v) is 9.83. The number of halogens is 1. The SMILES string of the molecule is Cc1cc(-c2nc(C(C=O)C(=O)[C@@H]3CC[C@@H](C)C3)c(C)s2)ccc1Cl. The number of carbonyl (C=O) groups is 2. The molecule has 0 amide bonds. The number of rotatable bonds is 5. The minimum Gasteiger partial charge on any atom is -0.302 e. The summed E-state index contributed by atoms with van der Waals surface area (Å²) in [6, 6.07) is 5.76. The summed E-state index contributed by atoms with van der Waals surface area (Å²) in [6.45, 7) is 6.05. The number of benzene rings is 1. The predicted octanol–water partition coefficient (Wildman–Crippen LogP) is 5.37. The van der Waals surface area contributed by atoms with Crippen LogP contribution in [0.3, 0.4) is 0 Å². The highest BCUT2D eigenvalue weighted by Crippen LogP contribution is 2.37. The molecule has 0 saturated heterocycles. The van der Waals surface area contributed by atoms with Crippen LogP contribution in [0.5, 0.6) is 0 Å². The molecule has 1 aromatic heterocycles. The van der Waals surface area contributed by atoms with Gasteiger partial charge in [-0.15, -0.1) is 11.3 Å². The van der Waals surface area contributed by atoms with E-state index in [1.807, 2.05) is 32.0 Å². The van der Waals surface area contributed by atoms with E-state index in [1.54, 1.807) is 0 Å². The first-order chi connectivity index (χ1) is 11.9. The average molecular weight is 376 g/mol. The summed E-state index contributed by atoms with van der Waals surface area (Å²) in [7, 11) is 0. The van der Waals surface area contributed by atoms with Gasteiger partial charge in [0.15, 0.2) is 5.78 Å². The maximum absolute atomic E-state index is 12.8. The summed E-state index contributed by atoms with van der Waals surface area (Å²) in [5, 5.41) is 1.54. The smallest absolute Gasteiger partial charge is 0.152 e. The summed E-state index contributed by atoms with van der Waals surface area (Å²) >= 11 is 7.62. The van der Waals surface area contributed by atoms with Gasteiger partial charge in [-0.3, -0.25) is 4.79 Å². The molecule has 0 aliphatic heterocycles. The van der Waals surface area contributed by atoms with Crippen LogP contribution >= 0.6 is 22.9 Å². The van der Waals surface area contributed by atoms with Crippen LogP contribution < -0.4 is 0 Å². The van der Waals surface area contributed by atoms with Crippen molar-refractivity contribution in [2.75, 3.05) is 0 Å². The Hall–Kier alpha value is -1.52. The van der Waals surface area contributed by atoms with E-state index in [1.165, 1.54) is 11.3 Å². The zero-order chi connectivity index (χ0) is 18.1. The molecule has 0 radical (unpaired) electrons. The lowest BCUT2D eigenvalue weighted by atomic mass is 9.89. The van der Waals surface area contributed by atoms with Crippen LogP contribution in [0.1, 0.15) is 48.2 Å². The van der Waals surface area contributed by atoms with E-state index in [4.69, 9.17) is 11.6 Å². The molecule has 1 saturated carbocycles. The average Bonchev–Trinajstić information content (AvgIpc) is 3.17. The summed E-state index contributed by atoms with van der Waals surface area (Å²) in [6.07, 6.45) is 3.60. The summed E-state index contributed by atoms with van der Waals surface area (Å²) in [5.74, 6) is -0.154. The van der Waals surface area contributed by atoms with Gasteiger partial charge in [0.25, 0.3) is 0 Å². The molecular weight excluding hydrogens is 354 g/mol. The van der Waals surface area contributed by atoms with Crippen molar-refractivity contribution in [2.45, 2.75) is 46.0 Å². The summed E-state index contributed by atoms with van der Waals surface area (Å²) < 4.78 is 0. The highest BCUT2D eigenvalue weighted by molar-refractivity contribution is 7.15. The number of hydrogen-bond donors (Lipinski definition) is 0. The van der Waals surface area contributed by atoms with Gasteiger partial charge in [-0.2, -0.15) is 0 Å². The van der Waals surface area contributed by atoms with E-state index in [0.717, 1.165) is 46.6 Å². The maximum Gasteiger partial charge on any atom is 0.152 e. The van der Waals surface area contributed by atoms with Crippen LogP contribution in [0.4, 0.5) is 0 Å². The fourth-order valence-electron chi connectivity index (χ4n) is 3.58. The molecule has 1 aromatic carbocycles. The van der Waals surface area contributed by atoms with Crippen molar-refractivity contribution in [2.24, 2.45) is 11.8 Å². The van der Waals surface area contributed by atoms with Crippen LogP contribution in [-0.2, 0) is 9.59 Å². The Kier molecular flexibility index (Phi) is 5.40. The second-order valence-electron chi connectivity index (χ2n) is 7.06. The van der Waals surface area contributed by atoms with Gasteiger partial charge in [0.1, 0.15) is 17.2 Å². The molecule has 0 N–H and O–H groups in total. The maximum atomic E-state index is 12.8. The lowest BCUT2D eigenvalue weighted by Gasteiger charge is -2.13. The standard InChI is InChI=1S/C20H22ClNO2S/c1-11-4-5-14(8-11)19(24)16(10-23)18-13(3)25-20(22-18)15-6-7-17(21)12(2)9-15/h6-7,9-11,14,16H,4-5,8H2,1-3H3/t11-,14-,16?/m1/s1. The van der Waals surface area contributed by atoms with E-state index < -0.39 is 5.92 Å². The Labute approximate surface area is 157 Å². The van der Waals surface area contributed by atoms with E-state index in [-0.39, 0.29) is 11.7 Å². The second-order valence-corrected chi connectivity index (χ2v) is 8.67. The lowest BCUT2D eigenvalue weighted by molar-refractivity contribution is -0.127. The summed E-state index contributed by atoms with van der Waals surface area (Å²) in [5.41, 5.74) is 2.57. The Morgan fingerprint density at radius 2 is 2.12 bits per heavy atom. The quantitative estimate of drug-likeness (QED) is 0.521. The molecule has 3 rings (SSSR count). The monoisotopic (exact) mass is 375 g/mol. The predicted molar refractivity (Wildman–Crippen MR) is 102 cm³/mol. The molecule has 0 bridgehead atoms. The summed E-state index contributed by atoms with van der Waals surface area (Å²) in [4.78, 5) is 30.1. The van der Waals surface area contributed by atoms with E-state index in [9.17, 15) is 9.59 Å². The van der Waals surface area contributed by atoms with Crippen LogP contribution in [0.25, 0.3) is 10.6 Å². The third-order valence-corrected chi connectivity index (χ3v) is 6.53. The molecule has 0 spiro atoms. The second kappa shape index (κ2) is 7.38. The van der Waals surface area contributed by atoms with Crippen LogP contribution in [0.2, 0.25) is 5.02 Å². The van der Waals surface area contributed by atoms with Gasteiger partial charge in [0.2, 0.25) is 0 Å². The lowest BCUT2D eigenvalue weighted by Crippen LogP contribution is -2.22. The fourth-order valence-corrected chi connectivity index (χ4v) is 4.66. The molecule has 25 heavy (non-hydrogen) atoms. The Morgan fingerprint density at radius 3 is 2.72 bits per heavy atom. The van der Waals surface area contributed by atoms with Crippen molar-refractivity contribution < 1.29 is 9.59 Å². The van der Waals surface area contributed by atoms with Crippen molar-refractivity contribution in [1.82, 2.24) is 4.98 Å². The number of hydrogen-bond acceptors (Lipinski definition) is 4. The number of aromatic nitrogens is 1. The molecule has 1 fully saturated rings. The van der Waals surface area contributed by atoms with Crippen LogP contribution in [0.15, 0.2) is 18.2 Å². The number of aryl methyl sites for hydroxylation is 2. The van der Waals surface area contributed by atoms with Gasteiger partial charge in [-0.25, -0.2) is 4.98 Å². The molecule has 2 aromatic rings. The minimum absolute atomic E-state index is 0.00692. The highest BCUT2D eigenvalue weighted by Gasteiger charge is 2.34. The zero-order valence-corrected chi connectivity index (χ0v) is 16.3. The van der Waals surface area contributed by atoms with E-state index >= 15 is 0 Å². The molecule has 1 unspecified atom stereocenters. The molecule has 1 aliphatic carbocycles. The number of Topliss-reactive ketones (excluding diaryl/α,β-unsaturated/α-hetero) is 1. The van der Waals surface area contributed by atoms with Crippen molar-refractivity contribution in [3.63, 3.8) is 0 Å². The van der Waals surface area contributed by atoms with Gasteiger partial charge in [0.05, 0.1) is 5.69 Å². The van der Waals surface area contributed by atoms with Crippen molar-refractivity contribution in [3.8, 4) is 10.6 Å². The highest BCUT2D eigenvalue weighted by atomic mass is 35.5. The van der Waals surface area contributed by atoms with Crippen LogP contribution in [-0.4, -0.2) is 17.1 Å². The molecule has 1 heterocycles. The molecule has 3 nitrogen and oxygen atoms in total. The number of ketones is 1. The fraction of sp³-hybridized carbons (Fsp3) is 0.450. The molecule has 1 aliphatic rings. The number of carbonyl (C=O) groups excluding carboxylic acids is 2. The molecule has 132 valence electrons. The molecule has 3 atom stereocenters. The molecule has 5 heteroatoms. The zero-order valence-electron chi connectivity index (χ0n) is 14.7. The van der Waals surface area contributed by atoms with Gasteiger partial charge in [0, 0.05) is 21.4 Å². The van der Waals surface area contributed by atoms with Gasteiger partial charge < -0.3 is 4.79 Å². The Bertz CT molecular complexity index is 814. The van der Waals surface area contributed by atoms with Crippen molar-refractivity contribution in [1.29, 1.82) is 0 Å². The Morgan fingerprint density at radius 1 is 1.36 bits per heavy atom. The van der Waals surface area contributed by atoms with E-state index in [0.29, 0.717) is 16.6 Å². The Balaban J connectivity index is 1.91. The third kappa shape index (κ3) is 3.70. The first kappa shape index (κ1) is 18.3. The minimum atomic E-state index is -0.742. The normalized spacial score (nSPS) is 21.3. The third-order valence-electron chi connectivity index (χ3n) is 5.07. The largest absolute Gasteiger partial charge is 0.302 e.